The van der Waals surface area contributed by atoms with Crippen molar-refractivity contribution in [2.75, 3.05) is 20.8 Å². The van der Waals surface area contributed by atoms with E-state index in [0.717, 1.165) is 38.5 Å². The van der Waals surface area contributed by atoms with Gasteiger partial charge in [0.1, 0.15) is 16.2 Å². The fourth-order valence-electron chi connectivity index (χ4n) is 4.60. The molecule has 1 saturated carbocycles. The third kappa shape index (κ3) is 4.72. The number of rotatable bonds is 6. The summed E-state index contributed by atoms with van der Waals surface area (Å²) in [5, 5.41) is 2.84. The molecule has 1 aromatic rings. The number of hydrogen-bond acceptors (Lipinski definition) is 6. The highest BCUT2D eigenvalue weighted by Crippen LogP contribution is 2.33. The molecule has 0 aromatic heterocycles. The SMILES string of the molecule is COC(=O)C1(NC(=O)c2ccc(OC)c(S(=O)(=O)N3CCCCC3C)c2)CCCCC1. The second-order valence-corrected chi connectivity index (χ2v) is 10.3. The molecule has 31 heavy (non-hydrogen) atoms. The lowest BCUT2D eigenvalue weighted by Crippen LogP contribution is -2.56. The number of carbonyl (C=O) groups is 2. The highest BCUT2D eigenvalue weighted by atomic mass is 32.2. The van der Waals surface area contributed by atoms with Crippen molar-refractivity contribution < 1.29 is 27.5 Å². The lowest BCUT2D eigenvalue weighted by molar-refractivity contribution is -0.149. The first-order valence-electron chi connectivity index (χ1n) is 10.9. The average molecular weight is 453 g/mol. The Bertz CT molecular complexity index is 924. The first kappa shape index (κ1) is 23.5. The molecule has 0 spiro atoms. The van der Waals surface area contributed by atoms with E-state index in [-0.39, 0.29) is 22.3 Å². The average Bonchev–Trinajstić information content (AvgIpc) is 2.78. The Morgan fingerprint density at radius 1 is 1.10 bits per heavy atom. The van der Waals surface area contributed by atoms with Gasteiger partial charge in [0, 0.05) is 18.2 Å². The summed E-state index contributed by atoms with van der Waals surface area (Å²) in [5.74, 6) is -0.781. The second kappa shape index (κ2) is 9.56. The van der Waals surface area contributed by atoms with Crippen LogP contribution in [0.2, 0.25) is 0 Å². The molecule has 8 nitrogen and oxygen atoms in total. The summed E-state index contributed by atoms with van der Waals surface area (Å²) in [5.41, 5.74) is -0.914. The predicted octanol–water partition coefficient (Wildman–Crippen LogP) is 2.86. The maximum absolute atomic E-state index is 13.4. The lowest BCUT2D eigenvalue weighted by atomic mass is 9.81. The summed E-state index contributed by atoms with van der Waals surface area (Å²) in [7, 11) is -1.13. The zero-order chi connectivity index (χ0) is 22.6. The smallest absolute Gasteiger partial charge is 0.331 e. The largest absolute Gasteiger partial charge is 0.495 e. The molecule has 172 valence electrons. The highest BCUT2D eigenvalue weighted by molar-refractivity contribution is 7.89. The van der Waals surface area contributed by atoms with Crippen LogP contribution in [0.4, 0.5) is 0 Å². The van der Waals surface area contributed by atoms with E-state index in [1.165, 1.54) is 36.7 Å². The Morgan fingerprint density at radius 3 is 2.42 bits per heavy atom. The normalized spacial score (nSPS) is 21.8. The van der Waals surface area contributed by atoms with Gasteiger partial charge >= 0.3 is 5.97 Å². The molecular formula is C22H32N2O6S. The van der Waals surface area contributed by atoms with E-state index < -0.39 is 27.4 Å². The predicted molar refractivity (Wildman–Crippen MR) is 115 cm³/mol. The van der Waals surface area contributed by atoms with E-state index in [4.69, 9.17) is 9.47 Å². The summed E-state index contributed by atoms with van der Waals surface area (Å²) >= 11 is 0. The second-order valence-electron chi connectivity index (χ2n) is 8.41. The van der Waals surface area contributed by atoms with E-state index in [1.54, 1.807) is 0 Å². The Labute approximate surface area is 184 Å². The van der Waals surface area contributed by atoms with E-state index in [1.807, 2.05) is 6.92 Å². The Balaban J connectivity index is 1.94. The first-order valence-corrected chi connectivity index (χ1v) is 12.3. The Morgan fingerprint density at radius 2 is 1.81 bits per heavy atom. The van der Waals surface area contributed by atoms with Crippen LogP contribution in [-0.4, -0.2) is 56.9 Å². The number of sulfonamides is 1. The van der Waals surface area contributed by atoms with Crippen molar-refractivity contribution in [2.24, 2.45) is 0 Å². The minimum absolute atomic E-state index is 0.0350. The van der Waals surface area contributed by atoms with Crippen molar-refractivity contribution in [3.63, 3.8) is 0 Å². The van der Waals surface area contributed by atoms with Crippen LogP contribution in [0.25, 0.3) is 0 Å². The van der Waals surface area contributed by atoms with E-state index in [2.05, 4.69) is 5.32 Å². The fraction of sp³-hybridized carbons (Fsp3) is 0.636. The standard InChI is InChI=1S/C22H32N2O6S/c1-16-9-5-8-14-24(16)31(27,28)19-15-17(10-11-18(19)29-2)20(25)23-22(21(26)30-3)12-6-4-7-13-22/h10-11,15-16H,4-9,12-14H2,1-3H3,(H,23,25). The van der Waals surface area contributed by atoms with Crippen LogP contribution in [0, 0.1) is 0 Å². The van der Waals surface area contributed by atoms with Gasteiger partial charge < -0.3 is 14.8 Å². The fourth-order valence-corrected chi connectivity index (χ4v) is 6.48. The topological polar surface area (TPSA) is 102 Å². The molecule has 0 radical (unpaired) electrons. The number of nitrogens with zero attached hydrogens (tertiary/aromatic N) is 1. The third-order valence-electron chi connectivity index (χ3n) is 6.39. The molecule has 1 aromatic carbocycles. The number of methoxy groups -OCH3 is 2. The molecule has 1 aliphatic heterocycles. The van der Waals surface area contributed by atoms with Crippen LogP contribution in [0.3, 0.4) is 0 Å². The van der Waals surface area contributed by atoms with Crippen LogP contribution >= 0.6 is 0 Å². The molecule has 1 amide bonds. The van der Waals surface area contributed by atoms with Crippen molar-refractivity contribution in [3.8, 4) is 5.75 Å². The van der Waals surface area contributed by atoms with Gasteiger partial charge in [0.15, 0.2) is 0 Å². The van der Waals surface area contributed by atoms with Gasteiger partial charge in [0.25, 0.3) is 5.91 Å². The molecule has 1 aliphatic carbocycles. The minimum Gasteiger partial charge on any atom is -0.495 e. The van der Waals surface area contributed by atoms with Crippen molar-refractivity contribution in [3.05, 3.63) is 23.8 Å². The van der Waals surface area contributed by atoms with Gasteiger partial charge in [-0.1, -0.05) is 25.7 Å². The zero-order valence-electron chi connectivity index (χ0n) is 18.5. The quantitative estimate of drug-likeness (QED) is 0.666. The summed E-state index contributed by atoms with van der Waals surface area (Å²) in [6.07, 6.45) is 6.19. The van der Waals surface area contributed by atoms with Gasteiger partial charge in [-0.15, -0.1) is 0 Å². The zero-order valence-corrected chi connectivity index (χ0v) is 19.3. The minimum atomic E-state index is -3.84. The molecule has 1 heterocycles. The van der Waals surface area contributed by atoms with Crippen molar-refractivity contribution in [2.45, 2.75) is 74.8 Å². The summed E-state index contributed by atoms with van der Waals surface area (Å²) in [4.78, 5) is 25.5. The third-order valence-corrected chi connectivity index (χ3v) is 8.43. The van der Waals surface area contributed by atoms with Gasteiger partial charge in [-0.3, -0.25) is 4.79 Å². The molecule has 1 N–H and O–H groups in total. The molecule has 1 unspecified atom stereocenters. The molecule has 2 fully saturated rings. The van der Waals surface area contributed by atoms with Gasteiger partial charge in [0.2, 0.25) is 10.0 Å². The van der Waals surface area contributed by atoms with Gasteiger partial charge in [0.05, 0.1) is 14.2 Å². The van der Waals surface area contributed by atoms with Crippen LogP contribution in [0.5, 0.6) is 5.75 Å². The summed E-state index contributed by atoms with van der Waals surface area (Å²) < 4.78 is 38.5. The van der Waals surface area contributed by atoms with Crippen molar-refractivity contribution in [1.29, 1.82) is 0 Å². The molecule has 1 saturated heterocycles. The van der Waals surface area contributed by atoms with Crippen LogP contribution < -0.4 is 10.1 Å². The number of carbonyl (C=O) groups excluding carboxylic acids is 2. The number of ether oxygens (including phenoxy) is 2. The molecule has 1 atom stereocenters. The maximum Gasteiger partial charge on any atom is 0.331 e. The molecule has 3 rings (SSSR count). The van der Waals surface area contributed by atoms with E-state index in [0.29, 0.717) is 19.4 Å². The molecular weight excluding hydrogens is 420 g/mol. The first-order chi connectivity index (χ1) is 14.7. The number of amides is 1. The van der Waals surface area contributed by atoms with Crippen LogP contribution in [0.15, 0.2) is 23.1 Å². The van der Waals surface area contributed by atoms with E-state index in [9.17, 15) is 18.0 Å². The molecule has 9 heteroatoms. The van der Waals surface area contributed by atoms with Crippen LogP contribution in [-0.2, 0) is 19.6 Å². The maximum atomic E-state index is 13.4. The van der Waals surface area contributed by atoms with Crippen LogP contribution in [0.1, 0.15) is 68.6 Å². The Kier molecular flexibility index (Phi) is 7.26. The Hall–Kier alpha value is -2.13. The number of nitrogens with one attached hydrogen (secondary N) is 1. The monoisotopic (exact) mass is 452 g/mol. The van der Waals surface area contributed by atoms with E-state index >= 15 is 0 Å². The molecule has 0 bridgehead atoms. The van der Waals surface area contributed by atoms with Crippen molar-refractivity contribution in [1.82, 2.24) is 9.62 Å². The number of piperidine rings is 1. The molecule has 2 aliphatic rings. The number of hydrogen-bond donors (Lipinski definition) is 1. The van der Waals surface area contributed by atoms with Crippen molar-refractivity contribution >= 4 is 21.9 Å². The number of benzene rings is 1. The van der Waals surface area contributed by atoms with Gasteiger partial charge in [-0.05, 0) is 50.8 Å². The highest BCUT2D eigenvalue weighted by Gasteiger charge is 2.42. The summed E-state index contributed by atoms with van der Waals surface area (Å²) in [6.45, 7) is 2.33. The van der Waals surface area contributed by atoms with Gasteiger partial charge in [-0.25, -0.2) is 13.2 Å². The number of esters is 1. The van der Waals surface area contributed by atoms with Gasteiger partial charge in [-0.2, -0.15) is 4.31 Å². The summed E-state index contributed by atoms with van der Waals surface area (Å²) in [6, 6.07) is 4.23. The lowest BCUT2D eigenvalue weighted by Gasteiger charge is -2.35.